The predicted octanol–water partition coefficient (Wildman–Crippen LogP) is 2.40. The Morgan fingerprint density at radius 1 is 1.29 bits per heavy atom. The third kappa shape index (κ3) is 4.72. The maximum absolute atomic E-state index is 10.0. The van der Waals surface area contributed by atoms with Crippen molar-refractivity contribution in [3.05, 3.63) is 29.2 Å². The number of aromatic nitrogens is 3. The second kappa shape index (κ2) is 9.40. The fourth-order valence-corrected chi connectivity index (χ4v) is 5.72. The highest BCUT2D eigenvalue weighted by Gasteiger charge is 2.47. The van der Waals surface area contributed by atoms with Gasteiger partial charge in [0.2, 0.25) is 5.88 Å². The number of hydrogen-bond donors (Lipinski definition) is 3. The van der Waals surface area contributed by atoms with Gasteiger partial charge in [0.15, 0.2) is 5.82 Å². The van der Waals surface area contributed by atoms with Crippen molar-refractivity contribution >= 4 is 29.2 Å². The number of aliphatic hydroxyl groups excluding tert-OH is 1. The molecule has 2 saturated heterocycles. The van der Waals surface area contributed by atoms with Gasteiger partial charge in [0.25, 0.3) is 0 Å². The Balaban J connectivity index is 1.27. The van der Waals surface area contributed by atoms with E-state index in [4.69, 9.17) is 26.8 Å². The summed E-state index contributed by atoms with van der Waals surface area (Å²) in [5.74, 6) is 0.981. The standard InChI is InChI=1S/C23H30ClN5O4S/c1-14-19(25)22(12-32-14)5-8-29(9-6-22)20-15(11-30)28-17(10-27-20)34-16-2-7-26-21(18(16)24)33-13-23(31)3-4-23/h2,7,10,14,19,30-31H,3-6,8-9,11-13,25H2,1H3/t14-,19+/m0/s1. The number of ether oxygens (including phenoxy) is 2. The Kier molecular flexibility index (Phi) is 6.64. The zero-order valence-corrected chi connectivity index (χ0v) is 20.7. The topological polar surface area (TPSA) is 127 Å². The first-order chi connectivity index (χ1) is 16.3. The van der Waals surface area contributed by atoms with E-state index in [9.17, 15) is 10.2 Å². The molecular formula is C23H30ClN5O4S. The van der Waals surface area contributed by atoms with Gasteiger partial charge in [-0.25, -0.2) is 15.0 Å². The number of aliphatic hydroxyl groups is 2. The van der Waals surface area contributed by atoms with Gasteiger partial charge in [-0.05, 0) is 38.7 Å². The van der Waals surface area contributed by atoms with Gasteiger partial charge in [-0.2, -0.15) is 0 Å². The van der Waals surface area contributed by atoms with Gasteiger partial charge in [-0.15, -0.1) is 0 Å². The van der Waals surface area contributed by atoms with Crippen molar-refractivity contribution in [3.63, 3.8) is 0 Å². The Bertz CT molecular complexity index is 1050. The van der Waals surface area contributed by atoms with Crippen LogP contribution in [-0.4, -0.2) is 69.2 Å². The van der Waals surface area contributed by atoms with Gasteiger partial charge in [-0.1, -0.05) is 23.4 Å². The van der Waals surface area contributed by atoms with Crippen LogP contribution in [0.25, 0.3) is 0 Å². The number of anilines is 1. The Hall–Kier alpha value is -1.69. The van der Waals surface area contributed by atoms with Crippen LogP contribution < -0.4 is 15.4 Å². The highest BCUT2D eigenvalue weighted by Crippen LogP contribution is 2.43. The first-order valence-corrected chi connectivity index (χ1v) is 12.8. The molecule has 34 heavy (non-hydrogen) atoms. The van der Waals surface area contributed by atoms with Crippen molar-refractivity contribution in [2.24, 2.45) is 11.1 Å². The molecule has 11 heteroatoms. The first kappa shape index (κ1) is 24.0. The highest BCUT2D eigenvalue weighted by atomic mass is 35.5. The smallest absolute Gasteiger partial charge is 0.233 e. The van der Waals surface area contributed by atoms with Crippen LogP contribution >= 0.6 is 23.4 Å². The van der Waals surface area contributed by atoms with Crippen LogP contribution in [0.4, 0.5) is 5.82 Å². The minimum Gasteiger partial charge on any atom is -0.474 e. The number of halogens is 1. The van der Waals surface area contributed by atoms with Crippen LogP contribution in [0.1, 0.15) is 38.3 Å². The Labute approximate surface area is 208 Å². The van der Waals surface area contributed by atoms with Crippen molar-refractivity contribution in [2.75, 3.05) is 31.2 Å². The molecule has 2 aromatic heterocycles. The largest absolute Gasteiger partial charge is 0.474 e. The molecule has 3 aliphatic rings. The molecule has 3 fully saturated rings. The van der Waals surface area contributed by atoms with Crippen molar-refractivity contribution in [1.82, 2.24) is 15.0 Å². The minimum absolute atomic E-state index is 0.0194. The fraction of sp³-hybridized carbons (Fsp3) is 0.609. The van der Waals surface area contributed by atoms with Crippen molar-refractivity contribution in [3.8, 4) is 5.88 Å². The van der Waals surface area contributed by atoms with Crippen molar-refractivity contribution < 1.29 is 19.7 Å². The molecule has 0 amide bonds. The molecule has 1 aliphatic carbocycles. The number of nitrogens with two attached hydrogens (primary N) is 1. The number of pyridine rings is 1. The maximum atomic E-state index is 10.0. The highest BCUT2D eigenvalue weighted by molar-refractivity contribution is 7.99. The molecule has 0 bridgehead atoms. The predicted molar refractivity (Wildman–Crippen MR) is 128 cm³/mol. The quantitative estimate of drug-likeness (QED) is 0.514. The molecule has 4 heterocycles. The van der Waals surface area contributed by atoms with Gasteiger partial charge < -0.3 is 30.3 Å². The molecule has 0 radical (unpaired) electrons. The molecule has 0 unspecified atom stereocenters. The number of nitrogens with zero attached hydrogens (tertiary/aromatic N) is 4. The molecule has 2 aromatic rings. The summed E-state index contributed by atoms with van der Waals surface area (Å²) in [5.41, 5.74) is 6.23. The zero-order chi connectivity index (χ0) is 23.9. The van der Waals surface area contributed by atoms with Crippen LogP contribution in [0.3, 0.4) is 0 Å². The molecule has 1 spiro atoms. The molecular weight excluding hydrogens is 478 g/mol. The van der Waals surface area contributed by atoms with E-state index in [-0.39, 0.29) is 36.7 Å². The molecule has 5 rings (SSSR count). The van der Waals surface area contributed by atoms with Crippen molar-refractivity contribution in [1.29, 1.82) is 0 Å². The lowest BCUT2D eigenvalue weighted by atomic mass is 9.73. The number of hydrogen-bond acceptors (Lipinski definition) is 10. The van der Waals surface area contributed by atoms with Gasteiger partial charge in [0.1, 0.15) is 22.3 Å². The van der Waals surface area contributed by atoms with Gasteiger partial charge in [-0.3, -0.25) is 0 Å². The van der Waals surface area contributed by atoms with E-state index in [2.05, 4.69) is 19.9 Å². The van der Waals surface area contributed by atoms with E-state index >= 15 is 0 Å². The fourth-order valence-electron chi connectivity index (χ4n) is 4.65. The van der Waals surface area contributed by atoms with Crippen molar-refractivity contribution in [2.45, 2.75) is 66.9 Å². The van der Waals surface area contributed by atoms with Crippen LogP contribution in [0.15, 0.2) is 28.4 Å². The Morgan fingerprint density at radius 3 is 2.71 bits per heavy atom. The number of piperidine rings is 1. The SMILES string of the molecule is C[C@@H]1OCC2(CCN(c3ncc(Sc4ccnc(OCC5(O)CC5)c4Cl)nc3CO)CC2)[C@@H]1N. The minimum atomic E-state index is -0.756. The summed E-state index contributed by atoms with van der Waals surface area (Å²) in [7, 11) is 0. The van der Waals surface area contributed by atoms with Crippen LogP contribution in [0, 0.1) is 5.41 Å². The number of rotatable bonds is 7. The van der Waals surface area contributed by atoms with Gasteiger partial charge in [0, 0.05) is 35.6 Å². The third-order valence-corrected chi connectivity index (χ3v) is 8.64. The summed E-state index contributed by atoms with van der Waals surface area (Å²) in [6.07, 6.45) is 6.68. The lowest BCUT2D eigenvalue weighted by molar-refractivity contribution is 0.0833. The van der Waals surface area contributed by atoms with Crippen LogP contribution in [0.5, 0.6) is 5.88 Å². The summed E-state index contributed by atoms with van der Waals surface area (Å²) >= 11 is 7.83. The average molecular weight is 508 g/mol. The summed E-state index contributed by atoms with van der Waals surface area (Å²) in [5, 5.41) is 21.0. The van der Waals surface area contributed by atoms with E-state index < -0.39 is 5.60 Å². The zero-order valence-electron chi connectivity index (χ0n) is 19.1. The molecule has 1 saturated carbocycles. The maximum Gasteiger partial charge on any atom is 0.233 e. The summed E-state index contributed by atoms with van der Waals surface area (Å²) in [6, 6.07) is 1.82. The molecule has 184 valence electrons. The van der Waals surface area contributed by atoms with E-state index in [0.717, 1.165) is 38.8 Å². The summed E-state index contributed by atoms with van der Waals surface area (Å²) in [4.78, 5) is 16.4. The average Bonchev–Trinajstić information content (AvgIpc) is 3.53. The third-order valence-electron chi connectivity index (χ3n) is 7.20. The summed E-state index contributed by atoms with van der Waals surface area (Å²) in [6.45, 7) is 4.29. The van der Waals surface area contributed by atoms with E-state index in [1.165, 1.54) is 11.8 Å². The van der Waals surface area contributed by atoms with E-state index in [1.54, 1.807) is 18.5 Å². The second-order valence-corrected chi connectivity index (χ2v) is 11.0. The lowest BCUT2D eigenvalue weighted by Gasteiger charge is -2.41. The Morgan fingerprint density at radius 2 is 2.06 bits per heavy atom. The first-order valence-electron chi connectivity index (χ1n) is 11.6. The molecule has 2 atom stereocenters. The summed E-state index contributed by atoms with van der Waals surface area (Å²) < 4.78 is 11.5. The molecule has 2 aliphatic heterocycles. The van der Waals surface area contributed by atoms with E-state index in [0.29, 0.717) is 33.1 Å². The normalized spacial score (nSPS) is 25.0. The van der Waals surface area contributed by atoms with Crippen LogP contribution in [-0.2, 0) is 11.3 Å². The van der Waals surface area contributed by atoms with Gasteiger partial charge in [0.05, 0.1) is 31.1 Å². The molecule has 4 N–H and O–H groups in total. The van der Waals surface area contributed by atoms with Gasteiger partial charge >= 0.3 is 0 Å². The lowest BCUT2D eigenvalue weighted by Crippen LogP contribution is -2.51. The van der Waals surface area contributed by atoms with E-state index in [1.807, 2.05) is 6.92 Å². The monoisotopic (exact) mass is 507 g/mol. The molecule has 9 nitrogen and oxygen atoms in total. The molecule has 0 aromatic carbocycles. The second-order valence-electron chi connectivity index (χ2n) is 9.57. The van der Waals surface area contributed by atoms with Crippen LogP contribution in [0.2, 0.25) is 5.02 Å².